The van der Waals surface area contributed by atoms with Crippen LogP contribution in [0.1, 0.15) is 69.3 Å². The summed E-state index contributed by atoms with van der Waals surface area (Å²) in [6.07, 6.45) is 0.537. The Bertz CT molecular complexity index is 2330. The number of nitrogens with zero attached hydrogens (tertiary/aromatic N) is 1. The van der Waals surface area contributed by atoms with Gasteiger partial charge >= 0.3 is 24.0 Å². The normalized spacial score (nSPS) is 10.8. The number of rotatable bonds is 18. The number of carbonyl (C=O) groups excluding carboxylic acids is 5. The summed E-state index contributed by atoms with van der Waals surface area (Å²) in [5, 5.41) is 22.6. The molecule has 67 heavy (non-hydrogen) atoms. The molecule has 16 heteroatoms. The third kappa shape index (κ3) is 21.4. The van der Waals surface area contributed by atoms with E-state index in [9.17, 15) is 28.8 Å². The molecule has 0 unspecified atom stereocenters. The lowest BCUT2D eigenvalue weighted by Gasteiger charge is -2.26. The molecule has 0 aliphatic carbocycles. The van der Waals surface area contributed by atoms with Gasteiger partial charge < -0.3 is 46.1 Å². The zero-order valence-electron chi connectivity index (χ0n) is 38.0. The van der Waals surface area contributed by atoms with E-state index in [0.717, 1.165) is 22.4 Å². The van der Waals surface area contributed by atoms with Gasteiger partial charge in [0.05, 0.1) is 31.8 Å². The van der Waals surface area contributed by atoms with Crippen LogP contribution in [-0.4, -0.2) is 86.6 Å². The van der Waals surface area contributed by atoms with Gasteiger partial charge in [-0.3, -0.25) is 19.2 Å². The van der Waals surface area contributed by atoms with Gasteiger partial charge in [0.15, 0.2) is 0 Å². The molecule has 6 N–H and O–H groups in total. The van der Waals surface area contributed by atoms with Crippen LogP contribution in [-0.2, 0) is 41.5 Å². The summed E-state index contributed by atoms with van der Waals surface area (Å²) < 4.78 is 10.6. The number of urea groups is 2. The van der Waals surface area contributed by atoms with Crippen molar-refractivity contribution < 1.29 is 43.3 Å². The average Bonchev–Trinajstić information content (AvgIpc) is 3.25. The highest BCUT2D eigenvalue weighted by atomic mass is 16.6. The van der Waals surface area contributed by atoms with E-state index in [1.54, 1.807) is 88.5 Å². The molecule has 0 bridgehead atoms. The first-order valence-corrected chi connectivity index (χ1v) is 21.1. The second kappa shape index (κ2) is 28.5. The van der Waals surface area contributed by atoms with Crippen molar-refractivity contribution in [1.29, 1.82) is 0 Å². The van der Waals surface area contributed by atoms with E-state index in [0.29, 0.717) is 42.2 Å². The molecule has 0 aliphatic rings. The minimum Gasteiger partial charge on any atom is -0.481 e. The number of para-hydroxylation sites is 2. The summed E-state index contributed by atoms with van der Waals surface area (Å²) in [6.45, 7) is 7.85. The SMILES string of the molecule is C.COCCCN(CC(=O)N[C@@H](CC(=O)OC(C)(C)C)c1ccccc1)C(=O)Cc1ccc(NC(=O)Nc2ccccc2C)cc1.O=C(O)Cc1ccc(NC(=O)Nc2ccccc2)cc1.[B]. The van der Waals surface area contributed by atoms with Crippen LogP contribution in [0.5, 0.6) is 0 Å². The Morgan fingerprint density at radius 2 is 1.15 bits per heavy atom. The van der Waals surface area contributed by atoms with Gasteiger partial charge in [0.1, 0.15) is 5.60 Å². The highest BCUT2D eigenvalue weighted by Gasteiger charge is 2.25. The first kappa shape index (κ1) is 55.7. The molecule has 353 valence electrons. The van der Waals surface area contributed by atoms with Crippen LogP contribution in [0.15, 0.2) is 133 Å². The van der Waals surface area contributed by atoms with Gasteiger partial charge in [-0.25, -0.2) is 9.59 Å². The lowest BCUT2D eigenvalue weighted by atomic mass is 10.0. The molecule has 6 amide bonds. The minimum absolute atomic E-state index is 0. The molecule has 5 rings (SSSR count). The number of carboxylic acid groups (broad SMARTS) is 1. The number of hydrogen-bond acceptors (Lipinski definition) is 8. The number of hydrogen-bond donors (Lipinski definition) is 6. The summed E-state index contributed by atoms with van der Waals surface area (Å²) in [4.78, 5) is 75.5. The molecule has 0 aromatic heterocycles. The first-order valence-electron chi connectivity index (χ1n) is 21.1. The lowest BCUT2D eigenvalue weighted by molar-refractivity contribution is -0.155. The maximum Gasteiger partial charge on any atom is 0.323 e. The molecule has 0 fully saturated rings. The number of aliphatic carboxylic acids is 1. The molecule has 0 spiro atoms. The van der Waals surface area contributed by atoms with E-state index in [4.69, 9.17) is 14.6 Å². The quantitative estimate of drug-likeness (QED) is 0.0282. The number of amides is 6. The number of carboxylic acids is 1. The highest BCUT2D eigenvalue weighted by molar-refractivity contribution is 6.00. The van der Waals surface area contributed by atoms with E-state index in [1.807, 2.05) is 79.7 Å². The van der Waals surface area contributed by atoms with Crippen molar-refractivity contribution in [3.8, 4) is 0 Å². The summed E-state index contributed by atoms with van der Waals surface area (Å²) in [6, 6.07) is 38.1. The third-order valence-electron chi connectivity index (χ3n) is 9.35. The smallest absolute Gasteiger partial charge is 0.323 e. The summed E-state index contributed by atoms with van der Waals surface area (Å²) >= 11 is 0. The fourth-order valence-corrected chi connectivity index (χ4v) is 6.28. The zero-order valence-corrected chi connectivity index (χ0v) is 38.0. The van der Waals surface area contributed by atoms with Gasteiger partial charge in [0, 0.05) is 51.4 Å². The molecule has 1 atom stereocenters. The first-order chi connectivity index (χ1) is 31.1. The van der Waals surface area contributed by atoms with Gasteiger partial charge in [-0.1, -0.05) is 98.4 Å². The number of aryl methyl sites for hydroxylation is 1. The van der Waals surface area contributed by atoms with Crippen molar-refractivity contribution in [3.05, 3.63) is 156 Å². The Kier molecular flexibility index (Phi) is 23.6. The van der Waals surface area contributed by atoms with Crippen molar-refractivity contribution in [1.82, 2.24) is 10.2 Å². The number of ether oxygens (including phenoxy) is 2. The molecular formula is C51H62BN6O9. The van der Waals surface area contributed by atoms with E-state index in [-0.39, 0.29) is 59.6 Å². The van der Waals surface area contributed by atoms with Crippen LogP contribution in [0.25, 0.3) is 0 Å². The minimum atomic E-state index is -0.882. The van der Waals surface area contributed by atoms with E-state index in [2.05, 4.69) is 26.6 Å². The molecule has 0 saturated carbocycles. The molecule has 3 radical (unpaired) electrons. The molecule has 0 heterocycles. The van der Waals surface area contributed by atoms with Crippen LogP contribution < -0.4 is 26.6 Å². The molecule has 15 nitrogen and oxygen atoms in total. The van der Waals surface area contributed by atoms with E-state index >= 15 is 0 Å². The summed E-state index contributed by atoms with van der Waals surface area (Å²) in [5.41, 5.74) is 5.06. The van der Waals surface area contributed by atoms with Crippen LogP contribution >= 0.6 is 0 Å². The predicted molar refractivity (Wildman–Crippen MR) is 264 cm³/mol. The van der Waals surface area contributed by atoms with Gasteiger partial charge in [-0.15, -0.1) is 0 Å². The maximum atomic E-state index is 13.4. The van der Waals surface area contributed by atoms with E-state index in [1.165, 1.54) is 4.90 Å². The van der Waals surface area contributed by atoms with Crippen molar-refractivity contribution in [3.63, 3.8) is 0 Å². The van der Waals surface area contributed by atoms with Crippen molar-refractivity contribution in [2.45, 2.75) is 72.4 Å². The number of benzene rings is 5. The molecule has 5 aromatic carbocycles. The Labute approximate surface area is 395 Å². The average molecular weight is 914 g/mol. The second-order valence-electron chi connectivity index (χ2n) is 16.0. The third-order valence-corrected chi connectivity index (χ3v) is 9.35. The lowest BCUT2D eigenvalue weighted by Crippen LogP contribution is -2.43. The van der Waals surface area contributed by atoms with Gasteiger partial charge in [0.25, 0.3) is 0 Å². The number of carbonyl (C=O) groups is 6. The Balaban J connectivity index is 0.000000586. The van der Waals surface area contributed by atoms with Crippen LogP contribution in [0.4, 0.5) is 32.3 Å². The number of esters is 1. The van der Waals surface area contributed by atoms with Gasteiger partial charge in [0.2, 0.25) is 11.8 Å². The maximum absolute atomic E-state index is 13.4. The molecular weight excluding hydrogens is 851 g/mol. The van der Waals surface area contributed by atoms with Gasteiger partial charge in [-0.05, 0) is 98.8 Å². The van der Waals surface area contributed by atoms with Gasteiger partial charge in [-0.2, -0.15) is 0 Å². The molecule has 0 aliphatic heterocycles. The standard InChI is InChI=1S/C35H44N4O6.C15H14N2O3.CH4.B/c1-25-12-9-10-15-29(25)38-34(43)36-28-18-16-26(17-19-28)22-32(41)39(20-11-21-44-5)24-31(40)37-30(27-13-7-6-8-14-27)23-33(42)45-35(2,3)4;18-14(19)10-11-6-8-13(9-7-11)17-15(20)16-12-4-2-1-3-5-12;;/h6-10,12-19,30H,11,20-24H2,1-5H3,(H,37,40)(H2,36,38,43);1-9H,10H2,(H,18,19)(H2,16,17,20);1H4;/t30-;;;/m0.../s1. The summed E-state index contributed by atoms with van der Waals surface area (Å²) in [7, 11) is 1.58. The van der Waals surface area contributed by atoms with E-state index < -0.39 is 29.5 Å². The highest BCUT2D eigenvalue weighted by Crippen LogP contribution is 2.21. The Hall–Kier alpha value is -7.46. The van der Waals surface area contributed by atoms with Crippen molar-refractivity contribution in [2.24, 2.45) is 0 Å². The number of methoxy groups -OCH3 is 1. The number of anilines is 4. The second-order valence-corrected chi connectivity index (χ2v) is 16.0. The molecule has 5 aromatic rings. The van der Waals surface area contributed by atoms with Crippen molar-refractivity contribution >= 4 is 67.0 Å². The summed E-state index contributed by atoms with van der Waals surface area (Å²) in [5.74, 6) is -1.94. The molecule has 0 saturated heterocycles. The van der Waals surface area contributed by atoms with Crippen LogP contribution in [0.3, 0.4) is 0 Å². The topological polar surface area (TPSA) is 204 Å². The Morgan fingerprint density at radius 1 is 0.657 bits per heavy atom. The van der Waals surface area contributed by atoms with Crippen molar-refractivity contribution in [2.75, 3.05) is 48.1 Å². The zero-order chi connectivity index (χ0) is 47.2. The monoisotopic (exact) mass is 913 g/mol. The fourth-order valence-electron chi connectivity index (χ4n) is 6.28. The van der Waals surface area contributed by atoms with Crippen LogP contribution in [0.2, 0.25) is 0 Å². The number of nitrogens with one attached hydrogen (secondary N) is 5. The predicted octanol–water partition coefficient (Wildman–Crippen LogP) is 8.85. The fraction of sp³-hybridized carbons (Fsp3) is 0.294. The largest absolute Gasteiger partial charge is 0.481 e. The van der Waals surface area contributed by atoms with Crippen LogP contribution in [0, 0.1) is 6.92 Å². The Morgan fingerprint density at radius 3 is 1.67 bits per heavy atom.